The second-order valence-electron chi connectivity index (χ2n) is 5.82. The van der Waals surface area contributed by atoms with Gasteiger partial charge >= 0.3 is 0 Å². The van der Waals surface area contributed by atoms with E-state index in [0.29, 0.717) is 5.82 Å². The minimum absolute atomic E-state index is 0.0857. The van der Waals surface area contributed by atoms with E-state index in [1.165, 1.54) is 6.07 Å². The molecule has 126 valence electrons. The smallest absolute Gasteiger partial charge is 0.269 e. The number of rotatable bonds is 5. The first-order valence-corrected chi connectivity index (χ1v) is 7.50. The lowest BCUT2D eigenvalue weighted by Crippen LogP contribution is -2.31. The van der Waals surface area contributed by atoms with E-state index >= 15 is 0 Å². The van der Waals surface area contributed by atoms with Gasteiger partial charge in [-0.25, -0.2) is 0 Å². The Morgan fingerprint density at radius 2 is 1.75 bits per heavy atom. The molecule has 0 aliphatic rings. The van der Waals surface area contributed by atoms with Crippen LogP contribution in [0.15, 0.2) is 24.3 Å². The van der Waals surface area contributed by atoms with Gasteiger partial charge in [0.05, 0.1) is 6.54 Å². The van der Waals surface area contributed by atoms with E-state index in [4.69, 9.17) is 5.73 Å². The topological polar surface area (TPSA) is 101 Å². The Morgan fingerprint density at radius 1 is 1.12 bits per heavy atom. The van der Waals surface area contributed by atoms with Crippen molar-refractivity contribution in [3.8, 4) is 0 Å². The van der Waals surface area contributed by atoms with Crippen LogP contribution in [-0.4, -0.2) is 35.6 Å². The van der Waals surface area contributed by atoms with Gasteiger partial charge in [-0.1, -0.05) is 17.7 Å². The molecule has 0 aliphatic carbocycles. The van der Waals surface area contributed by atoms with Gasteiger partial charge in [0, 0.05) is 12.7 Å². The molecular weight excluding hydrogens is 306 g/mol. The maximum absolute atomic E-state index is 12.3. The van der Waals surface area contributed by atoms with Crippen LogP contribution < -0.4 is 16.0 Å². The number of nitrogens with zero attached hydrogens (tertiary/aromatic N) is 3. The molecule has 1 aromatic carbocycles. The number of primary amides is 1. The molecule has 7 nitrogen and oxygen atoms in total. The van der Waals surface area contributed by atoms with Crippen molar-refractivity contribution in [3.05, 3.63) is 46.6 Å². The second kappa shape index (κ2) is 7.08. The number of aromatic nitrogens is 2. The van der Waals surface area contributed by atoms with Crippen LogP contribution in [0.4, 0.5) is 11.5 Å². The SMILES string of the molecule is Cc1cc(C)c(NC(=O)CN(C)c2ccc(C(N)=O)nn2)c(C)c1. The summed E-state index contributed by atoms with van der Waals surface area (Å²) < 4.78 is 0. The van der Waals surface area contributed by atoms with Crippen molar-refractivity contribution in [2.24, 2.45) is 5.73 Å². The molecule has 0 radical (unpaired) electrons. The average Bonchev–Trinajstić information content (AvgIpc) is 2.50. The molecule has 7 heteroatoms. The quantitative estimate of drug-likeness (QED) is 0.868. The number of likely N-dealkylation sites (N-methyl/N-ethyl adjacent to an activating group) is 1. The van der Waals surface area contributed by atoms with Gasteiger partial charge in [0.1, 0.15) is 0 Å². The molecular formula is C17H21N5O2. The molecule has 3 N–H and O–H groups in total. The Labute approximate surface area is 140 Å². The lowest BCUT2D eigenvalue weighted by molar-refractivity contribution is -0.114. The van der Waals surface area contributed by atoms with Gasteiger partial charge in [-0.15, -0.1) is 10.2 Å². The highest BCUT2D eigenvalue weighted by Gasteiger charge is 2.13. The fourth-order valence-corrected chi connectivity index (χ4v) is 2.51. The molecule has 0 saturated heterocycles. The van der Waals surface area contributed by atoms with Crippen LogP contribution >= 0.6 is 0 Å². The van der Waals surface area contributed by atoms with Crippen molar-refractivity contribution < 1.29 is 9.59 Å². The minimum atomic E-state index is -0.639. The van der Waals surface area contributed by atoms with Crippen molar-refractivity contribution in [3.63, 3.8) is 0 Å². The maximum atomic E-state index is 12.3. The van der Waals surface area contributed by atoms with Crippen molar-refractivity contribution in [1.82, 2.24) is 10.2 Å². The summed E-state index contributed by atoms with van der Waals surface area (Å²) in [4.78, 5) is 24.9. The molecule has 0 saturated carbocycles. The normalized spacial score (nSPS) is 10.3. The highest BCUT2D eigenvalue weighted by Crippen LogP contribution is 2.22. The Bertz CT molecular complexity index is 748. The van der Waals surface area contributed by atoms with Crippen molar-refractivity contribution in [1.29, 1.82) is 0 Å². The Hall–Kier alpha value is -2.96. The molecule has 2 rings (SSSR count). The summed E-state index contributed by atoms with van der Waals surface area (Å²) in [5, 5.41) is 10.6. The Kier molecular flexibility index (Phi) is 5.13. The third-order valence-corrected chi connectivity index (χ3v) is 3.62. The number of nitrogens with one attached hydrogen (secondary N) is 1. The Morgan fingerprint density at radius 3 is 2.25 bits per heavy atom. The van der Waals surface area contributed by atoms with E-state index in [-0.39, 0.29) is 18.1 Å². The zero-order chi connectivity index (χ0) is 17.9. The second-order valence-corrected chi connectivity index (χ2v) is 5.82. The van der Waals surface area contributed by atoms with Crippen LogP contribution in [0.25, 0.3) is 0 Å². The summed E-state index contributed by atoms with van der Waals surface area (Å²) in [6.07, 6.45) is 0. The van der Waals surface area contributed by atoms with Gasteiger partial charge in [-0.05, 0) is 44.0 Å². The number of benzene rings is 1. The van der Waals surface area contributed by atoms with E-state index in [9.17, 15) is 9.59 Å². The predicted molar refractivity (Wildman–Crippen MR) is 93.1 cm³/mol. The summed E-state index contributed by atoms with van der Waals surface area (Å²) >= 11 is 0. The van der Waals surface area contributed by atoms with Gasteiger partial charge < -0.3 is 16.0 Å². The van der Waals surface area contributed by atoms with Gasteiger partial charge in [-0.3, -0.25) is 9.59 Å². The molecule has 0 atom stereocenters. The van der Waals surface area contributed by atoms with Crippen LogP contribution in [0.2, 0.25) is 0 Å². The first-order valence-electron chi connectivity index (χ1n) is 7.50. The number of carbonyl (C=O) groups is 2. The number of anilines is 2. The highest BCUT2D eigenvalue weighted by molar-refractivity contribution is 5.95. The van der Waals surface area contributed by atoms with Crippen LogP contribution in [0.5, 0.6) is 0 Å². The molecule has 1 aromatic heterocycles. The molecule has 0 spiro atoms. The molecule has 1 heterocycles. The maximum Gasteiger partial charge on any atom is 0.269 e. The molecule has 2 aromatic rings. The summed E-state index contributed by atoms with van der Waals surface area (Å²) in [5.74, 6) is -0.319. The van der Waals surface area contributed by atoms with Gasteiger partial charge in [0.2, 0.25) is 5.91 Å². The fraction of sp³-hybridized carbons (Fsp3) is 0.294. The monoisotopic (exact) mass is 327 g/mol. The molecule has 0 bridgehead atoms. The first-order chi connectivity index (χ1) is 11.3. The standard InChI is InChI=1S/C17H21N5O2/c1-10-7-11(2)16(12(3)8-10)19-15(23)9-22(4)14-6-5-13(17(18)24)20-21-14/h5-8H,9H2,1-4H3,(H2,18,24)(H,19,23). The van der Waals surface area contributed by atoms with E-state index in [1.807, 2.05) is 32.9 Å². The van der Waals surface area contributed by atoms with Crippen molar-refractivity contribution >= 4 is 23.3 Å². The zero-order valence-electron chi connectivity index (χ0n) is 14.3. The van der Waals surface area contributed by atoms with Gasteiger partial charge in [0.15, 0.2) is 11.5 Å². The van der Waals surface area contributed by atoms with E-state index in [0.717, 1.165) is 22.4 Å². The summed E-state index contributed by atoms with van der Waals surface area (Å²) in [5.41, 5.74) is 9.24. The van der Waals surface area contributed by atoms with Crippen LogP contribution in [0, 0.1) is 20.8 Å². The van der Waals surface area contributed by atoms with Crippen molar-refractivity contribution in [2.75, 3.05) is 23.8 Å². The number of amides is 2. The van der Waals surface area contributed by atoms with Gasteiger partial charge in [-0.2, -0.15) is 0 Å². The van der Waals surface area contributed by atoms with E-state index < -0.39 is 5.91 Å². The largest absolute Gasteiger partial charge is 0.364 e. The lowest BCUT2D eigenvalue weighted by atomic mass is 10.1. The van der Waals surface area contributed by atoms with Crippen molar-refractivity contribution in [2.45, 2.75) is 20.8 Å². The van der Waals surface area contributed by atoms with Crippen LogP contribution in [0.1, 0.15) is 27.2 Å². The van der Waals surface area contributed by atoms with Crippen LogP contribution in [-0.2, 0) is 4.79 Å². The molecule has 0 aliphatic heterocycles. The summed E-state index contributed by atoms with van der Waals surface area (Å²) in [7, 11) is 1.72. The highest BCUT2D eigenvalue weighted by atomic mass is 16.2. The van der Waals surface area contributed by atoms with Gasteiger partial charge in [0.25, 0.3) is 5.91 Å². The predicted octanol–water partition coefficient (Wildman–Crippen LogP) is 1.58. The van der Waals surface area contributed by atoms with E-state index in [1.54, 1.807) is 18.0 Å². The lowest BCUT2D eigenvalue weighted by Gasteiger charge is -2.18. The summed E-state index contributed by atoms with van der Waals surface area (Å²) in [6, 6.07) is 7.14. The number of carbonyl (C=O) groups excluding carboxylic acids is 2. The fourth-order valence-electron chi connectivity index (χ4n) is 2.51. The number of aryl methyl sites for hydroxylation is 3. The molecule has 24 heavy (non-hydrogen) atoms. The molecule has 0 fully saturated rings. The zero-order valence-corrected chi connectivity index (χ0v) is 14.3. The van der Waals surface area contributed by atoms with Crippen LogP contribution in [0.3, 0.4) is 0 Å². The third-order valence-electron chi connectivity index (χ3n) is 3.62. The third kappa shape index (κ3) is 4.07. The summed E-state index contributed by atoms with van der Waals surface area (Å²) in [6.45, 7) is 6.06. The first kappa shape index (κ1) is 17.4. The number of nitrogens with two attached hydrogens (primary N) is 1. The molecule has 0 unspecified atom stereocenters. The number of hydrogen-bond acceptors (Lipinski definition) is 5. The molecule has 2 amide bonds. The van der Waals surface area contributed by atoms with E-state index in [2.05, 4.69) is 15.5 Å². The number of hydrogen-bond donors (Lipinski definition) is 2. The average molecular weight is 327 g/mol. The minimum Gasteiger partial charge on any atom is -0.364 e. The Balaban J connectivity index is 2.05.